The first-order valence-corrected chi connectivity index (χ1v) is 9.32. The highest BCUT2D eigenvalue weighted by atomic mass is 32.2. The van der Waals surface area contributed by atoms with Gasteiger partial charge in [-0.2, -0.15) is 28.8 Å². The van der Waals surface area contributed by atoms with Crippen molar-refractivity contribution in [3.8, 4) is 0 Å². The van der Waals surface area contributed by atoms with Crippen LogP contribution in [0.2, 0.25) is 0 Å². The molecule has 114 valence electrons. The first-order valence-electron chi connectivity index (χ1n) is 6.94. The first kappa shape index (κ1) is 15.9. The number of nitrogens with zero attached hydrogens (tertiary/aromatic N) is 1. The van der Waals surface area contributed by atoms with E-state index in [1.807, 2.05) is 24.7 Å². The van der Waals surface area contributed by atoms with Gasteiger partial charge in [0.2, 0.25) is 0 Å². The fourth-order valence-electron chi connectivity index (χ4n) is 2.53. The summed E-state index contributed by atoms with van der Waals surface area (Å²) in [5.41, 5.74) is 2.20. The van der Waals surface area contributed by atoms with E-state index in [9.17, 15) is 8.42 Å². The van der Waals surface area contributed by atoms with Crippen molar-refractivity contribution >= 4 is 21.5 Å². The van der Waals surface area contributed by atoms with Gasteiger partial charge in [-0.15, -0.1) is 0 Å². The van der Waals surface area contributed by atoms with Crippen molar-refractivity contribution in [2.45, 2.75) is 26.3 Å². The van der Waals surface area contributed by atoms with Gasteiger partial charge in [0, 0.05) is 19.6 Å². The predicted molar refractivity (Wildman–Crippen MR) is 83.0 cm³/mol. The molecule has 1 aromatic heterocycles. The van der Waals surface area contributed by atoms with E-state index in [4.69, 9.17) is 0 Å². The molecule has 1 aliphatic heterocycles. The molecule has 2 N–H and O–H groups in total. The van der Waals surface area contributed by atoms with Crippen molar-refractivity contribution < 1.29 is 8.42 Å². The van der Waals surface area contributed by atoms with Crippen LogP contribution in [0.1, 0.15) is 24.0 Å². The standard InChI is InChI=1S/C13H23N3O2S2/c1-11-9-19-10-13(11)7-15-20(17,18)16-5-3-4-12(8-16)6-14-2/h9-10,12,14-15H,3-8H2,1-2H3. The lowest BCUT2D eigenvalue weighted by Crippen LogP contribution is -2.47. The maximum atomic E-state index is 12.3. The lowest BCUT2D eigenvalue weighted by atomic mass is 10.00. The summed E-state index contributed by atoms with van der Waals surface area (Å²) < 4.78 is 29.0. The van der Waals surface area contributed by atoms with Crippen LogP contribution in [-0.4, -0.2) is 39.4 Å². The van der Waals surface area contributed by atoms with Crippen LogP contribution in [0.15, 0.2) is 10.8 Å². The second kappa shape index (κ2) is 7.00. The zero-order valence-electron chi connectivity index (χ0n) is 12.1. The van der Waals surface area contributed by atoms with Gasteiger partial charge < -0.3 is 5.32 Å². The minimum Gasteiger partial charge on any atom is -0.319 e. The summed E-state index contributed by atoms with van der Waals surface area (Å²) in [5, 5.41) is 7.16. The van der Waals surface area contributed by atoms with E-state index in [2.05, 4.69) is 10.0 Å². The second-order valence-corrected chi connectivity index (χ2v) is 7.83. The highest BCUT2D eigenvalue weighted by molar-refractivity contribution is 7.87. The van der Waals surface area contributed by atoms with Crippen molar-refractivity contribution in [2.75, 3.05) is 26.7 Å². The molecular formula is C13H23N3O2S2. The van der Waals surface area contributed by atoms with Gasteiger partial charge in [-0.25, -0.2) is 0 Å². The van der Waals surface area contributed by atoms with E-state index >= 15 is 0 Å². The summed E-state index contributed by atoms with van der Waals surface area (Å²) >= 11 is 1.60. The Kier molecular flexibility index (Phi) is 5.57. The molecule has 1 fully saturated rings. The summed E-state index contributed by atoms with van der Waals surface area (Å²) in [6, 6.07) is 0. The number of piperidine rings is 1. The minimum atomic E-state index is -3.37. The minimum absolute atomic E-state index is 0.380. The molecule has 20 heavy (non-hydrogen) atoms. The summed E-state index contributed by atoms with van der Waals surface area (Å²) in [6.07, 6.45) is 2.03. The molecule has 1 aliphatic rings. The molecule has 1 atom stereocenters. The van der Waals surface area contributed by atoms with E-state index in [0.717, 1.165) is 30.5 Å². The van der Waals surface area contributed by atoms with Crippen LogP contribution in [0.4, 0.5) is 0 Å². The van der Waals surface area contributed by atoms with E-state index < -0.39 is 10.2 Å². The van der Waals surface area contributed by atoms with Gasteiger partial charge in [-0.05, 0) is 61.2 Å². The van der Waals surface area contributed by atoms with Crippen LogP contribution < -0.4 is 10.0 Å². The Labute approximate surface area is 125 Å². The average molecular weight is 317 g/mol. The molecule has 0 aromatic carbocycles. The van der Waals surface area contributed by atoms with Crippen molar-refractivity contribution in [1.82, 2.24) is 14.3 Å². The quantitative estimate of drug-likeness (QED) is 0.832. The Hall–Kier alpha value is -0.470. The number of hydrogen-bond donors (Lipinski definition) is 2. The molecule has 0 bridgehead atoms. The number of aryl methyl sites for hydroxylation is 1. The van der Waals surface area contributed by atoms with Crippen LogP contribution in [-0.2, 0) is 16.8 Å². The Balaban J connectivity index is 1.94. The van der Waals surface area contributed by atoms with Gasteiger partial charge in [0.25, 0.3) is 10.2 Å². The van der Waals surface area contributed by atoms with E-state index in [0.29, 0.717) is 25.6 Å². The maximum absolute atomic E-state index is 12.3. The molecule has 1 aromatic rings. The van der Waals surface area contributed by atoms with E-state index in [-0.39, 0.29) is 0 Å². The molecular weight excluding hydrogens is 294 g/mol. The number of nitrogens with one attached hydrogen (secondary N) is 2. The molecule has 1 saturated heterocycles. The van der Waals surface area contributed by atoms with Crippen LogP contribution >= 0.6 is 11.3 Å². The van der Waals surface area contributed by atoms with Crippen LogP contribution in [0.25, 0.3) is 0 Å². The molecule has 0 radical (unpaired) electrons. The van der Waals surface area contributed by atoms with E-state index in [1.54, 1.807) is 15.6 Å². The third kappa shape index (κ3) is 4.02. The highest BCUT2D eigenvalue weighted by Gasteiger charge is 2.28. The van der Waals surface area contributed by atoms with Gasteiger partial charge in [0.05, 0.1) is 0 Å². The Bertz CT molecular complexity index is 525. The number of rotatable bonds is 6. The Morgan fingerprint density at radius 3 is 2.90 bits per heavy atom. The summed E-state index contributed by atoms with van der Waals surface area (Å²) in [6.45, 7) is 4.49. The van der Waals surface area contributed by atoms with Crippen molar-refractivity contribution in [2.24, 2.45) is 5.92 Å². The highest BCUT2D eigenvalue weighted by Crippen LogP contribution is 2.19. The molecule has 7 heteroatoms. The largest absolute Gasteiger partial charge is 0.319 e. The molecule has 2 rings (SSSR count). The average Bonchev–Trinajstić information content (AvgIpc) is 2.83. The summed E-state index contributed by atoms with van der Waals surface area (Å²) in [4.78, 5) is 0. The molecule has 5 nitrogen and oxygen atoms in total. The van der Waals surface area contributed by atoms with Gasteiger partial charge in [0.15, 0.2) is 0 Å². The third-order valence-corrected chi connectivity index (χ3v) is 6.15. The van der Waals surface area contributed by atoms with Gasteiger partial charge >= 0.3 is 0 Å². The Morgan fingerprint density at radius 1 is 1.45 bits per heavy atom. The maximum Gasteiger partial charge on any atom is 0.279 e. The molecule has 1 unspecified atom stereocenters. The molecule has 0 saturated carbocycles. The predicted octanol–water partition coefficient (Wildman–Crippen LogP) is 1.32. The van der Waals surface area contributed by atoms with Gasteiger partial charge in [0.1, 0.15) is 0 Å². The third-order valence-electron chi connectivity index (χ3n) is 3.72. The van der Waals surface area contributed by atoms with Crippen molar-refractivity contribution in [3.63, 3.8) is 0 Å². The van der Waals surface area contributed by atoms with Crippen LogP contribution in [0.5, 0.6) is 0 Å². The summed E-state index contributed by atoms with van der Waals surface area (Å²) in [5.74, 6) is 0.410. The van der Waals surface area contributed by atoms with Crippen molar-refractivity contribution in [3.05, 3.63) is 21.9 Å². The topological polar surface area (TPSA) is 61.4 Å². The fraction of sp³-hybridized carbons (Fsp3) is 0.692. The fourth-order valence-corrected chi connectivity index (χ4v) is 4.68. The lowest BCUT2D eigenvalue weighted by molar-refractivity contribution is 0.261. The second-order valence-electron chi connectivity index (χ2n) is 5.33. The van der Waals surface area contributed by atoms with E-state index in [1.165, 1.54) is 0 Å². The number of thiophene rings is 1. The van der Waals surface area contributed by atoms with Gasteiger partial charge in [-0.1, -0.05) is 0 Å². The lowest BCUT2D eigenvalue weighted by Gasteiger charge is -2.31. The van der Waals surface area contributed by atoms with Crippen LogP contribution in [0, 0.1) is 12.8 Å². The molecule has 0 aliphatic carbocycles. The zero-order valence-corrected chi connectivity index (χ0v) is 13.7. The van der Waals surface area contributed by atoms with Gasteiger partial charge in [-0.3, -0.25) is 0 Å². The molecule has 2 heterocycles. The molecule has 0 spiro atoms. The summed E-state index contributed by atoms with van der Waals surface area (Å²) in [7, 11) is -1.46. The van der Waals surface area contributed by atoms with Crippen molar-refractivity contribution in [1.29, 1.82) is 0 Å². The molecule has 0 amide bonds. The van der Waals surface area contributed by atoms with Crippen LogP contribution in [0.3, 0.4) is 0 Å². The zero-order chi connectivity index (χ0) is 14.6. The first-order chi connectivity index (χ1) is 9.53. The Morgan fingerprint density at radius 2 is 2.25 bits per heavy atom. The number of hydrogen-bond acceptors (Lipinski definition) is 4. The SMILES string of the molecule is CNCC1CCCN(S(=O)(=O)NCc2cscc2C)C1. The normalized spacial score (nSPS) is 21.2. The smallest absolute Gasteiger partial charge is 0.279 e. The monoisotopic (exact) mass is 317 g/mol.